The van der Waals surface area contributed by atoms with Crippen LogP contribution in [0.5, 0.6) is 17.2 Å². The van der Waals surface area contributed by atoms with Gasteiger partial charge in [0, 0.05) is 5.69 Å². The fraction of sp³-hybridized carbons (Fsp3) is 0.192. The van der Waals surface area contributed by atoms with Gasteiger partial charge < -0.3 is 19.5 Å². The molecular weight excluding hydrogens is 434 g/mol. The van der Waals surface area contributed by atoms with Gasteiger partial charge in [0.05, 0.1) is 13.3 Å². The third-order valence-electron chi connectivity index (χ3n) is 4.85. The minimum absolute atomic E-state index is 0.134. The Morgan fingerprint density at radius 3 is 2.38 bits per heavy atom. The number of benzene rings is 3. The SMILES string of the molecule is COc1ccccc1OCC(=O)N/N=C/c1cccc(OCC(=O)Nc2ccc(C)c(C)c2)c1. The monoisotopic (exact) mass is 461 g/mol. The summed E-state index contributed by atoms with van der Waals surface area (Å²) in [5.74, 6) is 0.834. The van der Waals surface area contributed by atoms with E-state index in [1.807, 2.05) is 38.1 Å². The minimum atomic E-state index is -0.419. The van der Waals surface area contributed by atoms with Crippen LogP contribution in [0.25, 0.3) is 0 Å². The molecule has 0 saturated carbocycles. The van der Waals surface area contributed by atoms with Crippen molar-refractivity contribution >= 4 is 23.7 Å². The quantitative estimate of drug-likeness (QED) is 0.353. The molecule has 0 saturated heterocycles. The van der Waals surface area contributed by atoms with E-state index in [-0.39, 0.29) is 19.1 Å². The summed E-state index contributed by atoms with van der Waals surface area (Å²) in [5.41, 5.74) is 6.08. The summed E-state index contributed by atoms with van der Waals surface area (Å²) >= 11 is 0. The number of amides is 2. The summed E-state index contributed by atoms with van der Waals surface area (Å²) in [6.45, 7) is 3.66. The van der Waals surface area contributed by atoms with Crippen molar-refractivity contribution in [3.8, 4) is 17.2 Å². The molecule has 2 N–H and O–H groups in total. The van der Waals surface area contributed by atoms with E-state index in [2.05, 4.69) is 15.8 Å². The second-order valence-electron chi connectivity index (χ2n) is 7.44. The number of para-hydroxylation sites is 2. The maximum Gasteiger partial charge on any atom is 0.277 e. The van der Waals surface area contributed by atoms with Crippen molar-refractivity contribution in [1.82, 2.24) is 5.43 Å². The average molecular weight is 462 g/mol. The molecule has 0 aromatic heterocycles. The van der Waals surface area contributed by atoms with E-state index in [4.69, 9.17) is 14.2 Å². The lowest BCUT2D eigenvalue weighted by Gasteiger charge is -2.09. The zero-order valence-corrected chi connectivity index (χ0v) is 19.3. The van der Waals surface area contributed by atoms with Crippen molar-refractivity contribution < 1.29 is 23.8 Å². The molecule has 3 aromatic rings. The molecule has 0 aliphatic carbocycles. The molecule has 2 amide bonds. The number of aryl methyl sites for hydroxylation is 2. The minimum Gasteiger partial charge on any atom is -0.493 e. The normalized spacial score (nSPS) is 10.6. The van der Waals surface area contributed by atoms with Crippen LogP contribution in [0.1, 0.15) is 16.7 Å². The van der Waals surface area contributed by atoms with Crippen molar-refractivity contribution in [2.45, 2.75) is 13.8 Å². The fourth-order valence-corrected chi connectivity index (χ4v) is 2.94. The summed E-state index contributed by atoms with van der Waals surface area (Å²) in [6, 6.07) is 19.8. The van der Waals surface area contributed by atoms with E-state index in [0.29, 0.717) is 22.8 Å². The summed E-state index contributed by atoms with van der Waals surface area (Å²) in [5, 5.41) is 6.75. The molecule has 3 aromatic carbocycles. The van der Waals surface area contributed by atoms with Crippen LogP contribution >= 0.6 is 0 Å². The zero-order chi connectivity index (χ0) is 24.3. The third kappa shape index (κ3) is 7.37. The Kier molecular flexibility index (Phi) is 8.62. The van der Waals surface area contributed by atoms with E-state index in [0.717, 1.165) is 16.8 Å². The highest BCUT2D eigenvalue weighted by atomic mass is 16.5. The Balaban J connectivity index is 1.45. The molecule has 0 aliphatic heterocycles. The van der Waals surface area contributed by atoms with E-state index >= 15 is 0 Å². The number of rotatable bonds is 10. The number of carbonyl (C=O) groups excluding carboxylic acids is 2. The van der Waals surface area contributed by atoms with Crippen molar-refractivity contribution in [3.63, 3.8) is 0 Å². The highest BCUT2D eigenvalue weighted by Crippen LogP contribution is 2.25. The van der Waals surface area contributed by atoms with Crippen LogP contribution in [0.3, 0.4) is 0 Å². The van der Waals surface area contributed by atoms with Crippen molar-refractivity contribution in [2.24, 2.45) is 5.10 Å². The largest absolute Gasteiger partial charge is 0.493 e. The number of hydrogen-bond acceptors (Lipinski definition) is 6. The van der Waals surface area contributed by atoms with Gasteiger partial charge in [0.25, 0.3) is 11.8 Å². The predicted molar refractivity (Wildman–Crippen MR) is 131 cm³/mol. The first-order chi connectivity index (χ1) is 16.4. The molecule has 0 unspecified atom stereocenters. The van der Waals surface area contributed by atoms with Gasteiger partial charge in [-0.2, -0.15) is 5.10 Å². The lowest BCUT2D eigenvalue weighted by Crippen LogP contribution is -2.24. The van der Waals surface area contributed by atoms with Gasteiger partial charge in [-0.15, -0.1) is 0 Å². The molecule has 0 aliphatic rings. The van der Waals surface area contributed by atoms with Crippen LogP contribution < -0.4 is 25.0 Å². The van der Waals surface area contributed by atoms with Crippen LogP contribution in [0.4, 0.5) is 5.69 Å². The van der Waals surface area contributed by atoms with Gasteiger partial charge in [0.1, 0.15) is 5.75 Å². The number of methoxy groups -OCH3 is 1. The first-order valence-corrected chi connectivity index (χ1v) is 10.6. The first kappa shape index (κ1) is 24.3. The molecule has 0 atom stereocenters. The van der Waals surface area contributed by atoms with E-state index in [1.54, 1.807) is 42.5 Å². The van der Waals surface area contributed by atoms with Gasteiger partial charge in [-0.3, -0.25) is 9.59 Å². The maximum atomic E-state index is 12.2. The number of carbonyl (C=O) groups is 2. The fourth-order valence-electron chi connectivity index (χ4n) is 2.94. The highest BCUT2D eigenvalue weighted by Gasteiger charge is 2.07. The highest BCUT2D eigenvalue weighted by molar-refractivity contribution is 5.92. The van der Waals surface area contributed by atoms with E-state index < -0.39 is 5.91 Å². The summed E-state index contributed by atoms with van der Waals surface area (Å²) in [7, 11) is 1.53. The van der Waals surface area contributed by atoms with Crippen molar-refractivity contribution in [3.05, 3.63) is 83.4 Å². The van der Waals surface area contributed by atoms with E-state index in [1.165, 1.54) is 13.3 Å². The molecule has 176 valence electrons. The average Bonchev–Trinajstić information content (AvgIpc) is 2.84. The Labute approximate surface area is 198 Å². The Bertz CT molecular complexity index is 1180. The van der Waals surface area contributed by atoms with Crippen LogP contribution in [-0.4, -0.2) is 38.4 Å². The number of nitrogens with one attached hydrogen (secondary N) is 2. The van der Waals surface area contributed by atoms with Gasteiger partial charge in [0.15, 0.2) is 24.7 Å². The van der Waals surface area contributed by atoms with Crippen LogP contribution in [-0.2, 0) is 9.59 Å². The molecule has 8 nitrogen and oxygen atoms in total. The number of hydrogen-bond donors (Lipinski definition) is 2. The van der Waals surface area contributed by atoms with E-state index in [9.17, 15) is 9.59 Å². The number of ether oxygens (including phenoxy) is 3. The van der Waals surface area contributed by atoms with Gasteiger partial charge in [-0.05, 0) is 66.9 Å². The molecule has 34 heavy (non-hydrogen) atoms. The molecule has 0 spiro atoms. The number of anilines is 1. The van der Waals surface area contributed by atoms with Crippen molar-refractivity contribution in [2.75, 3.05) is 25.6 Å². The summed E-state index contributed by atoms with van der Waals surface area (Å²) < 4.78 is 16.2. The first-order valence-electron chi connectivity index (χ1n) is 10.6. The van der Waals surface area contributed by atoms with Crippen molar-refractivity contribution in [1.29, 1.82) is 0 Å². The number of nitrogens with zero attached hydrogens (tertiary/aromatic N) is 1. The molecule has 0 fully saturated rings. The van der Waals surface area contributed by atoms with Crippen LogP contribution in [0.15, 0.2) is 71.8 Å². The Morgan fingerprint density at radius 2 is 1.62 bits per heavy atom. The maximum absolute atomic E-state index is 12.2. The summed E-state index contributed by atoms with van der Waals surface area (Å²) in [4.78, 5) is 24.2. The summed E-state index contributed by atoms with van der Waals surface area (Å²) in [6.07, 6.45) is 1.48. The molecular formula is C26H27N3O5. The molecule has 0 bridgehead atoms. The van der Waals surface area contributed by atoms with Crippen LogP contribution in [0.2, 0.25) is 0 Å². The van der Waals surface area contributed by atoms with Gasteiger partial charge in [0.2, 0.25) is 0 Å². The molecule has 3 rings (SSSR count). The second-order valence-corrected chi connectivity index (χ2v) is 7.44. The van der Waals surface area contributed by atoms with Gasteiger partial charge >= 0.3 is 0 Å². The molecule has 8 heteroatoms. The third-order valence-corrected chi connectivity index (χ3v) is 4.85. The van der Waals surface area contributed by atoms with Gasteiger partial charge in [-0.25, -0.2) is 5.43 Å². The van der Waals surface area contributed by atoms with Crippen LogP contribution in [0, 0.1) is 13.8 Å². The topological polar surface area (TPSA) is 98.2 Å². The Hall–Kier alpha value is -4.33. The standard InChI is InChI=1S/C26H27N3O5/c1-18-11-12-21(13-19(18)2)28-25(30)16-33-22-8-6-7-20(14-22)15-27-29-26(31)17-34-24-10-5-4-9-23(24)32-3/h4-15H,16-17H2,1-3H3,(H,28,30)(H,29,31)/b27-15+. The second kappa shape index (κ2) is 12.1. The lowest BCUT2D eigenvalue weighted by molar-refractivity contribution is -0.123. The zero-order valence-electron chi connectivity index (χ0n) is 19.3. The number of hydrazone groups is 1. The lowest BCUT2D eigenvalue weighted by atomic mass is 10.1. The van der Waals surface area contributed by atoms with Gasteiger partial charge in [-0.1, -0.05) is 30.3 Å². The molecule has 0 radical (unpaired) electrons. The smallest absolute Gasteiger partial charge is 0.277 e. The predicted octanol–water partition coefficient (Wildman–Crippen LogP) is 3.86. The Morgan fingerprint density at radius 1 is 0.853 bits per heavy atom. The molecule has 0 heterocycles.